The summed E-state index contributed by atoms with van der Waals surface area (Å²) < 4.78 is 2.08. The molecule has 3 aromatic rings. The third-order valence-corrected chi connectivity index (χ3v) is 4.63. The van der Waals surface area contributed by atoms with Crippen molar-refractivity contribution in [2.45, 2.75) is 6.42 Å². The number of fused-ring (bicyclic) bond motifs is 1. The number of benzene rings is 2. The minimum Gasteiger partial charge on any atom is -0.411 e. The summed E-state index contributed by atoms with van der Waals surface area (Å²) in [6.07, 6.45) is 1.35. The van der Waals surface area contributed by atoms with Gasteiger partial charge >= 0.3 is 0 Å². The van der Waals surface area contributed by atoms with Crippen LogP contribution in [0.5, 0.6) is 0 Å². The summed E-state index contributed by atoms with van der Waals surface area (Å²) >= 11 is 0. The molecule has 0 saturated carbocycles. The van der Waals surface area contributed by atoms with Crippen molar-refractivity contribution in [3.8, 4) is 11.3 Å². The summed E-state index contributed by atoms with van der Waals surface area (Å²) in [6.45, 7) is 0.774. The van der Waals surface area contributed by atoms with Gasteiger partial charge in [-0.2, -0.15) is 4.57 Å². The van der Waals surface area contributed by atoms with Gasteiger partial charge in [0, 0.05) is 30.8 Å². The van der Waals surface area contributed by atoms with E-state index in [0.717, 1.165) is 28.4 Å². The van der Waals surface area contributed by atoms with Gasteiger partial charge in [0.15, 0.2) is 0 Å². The van der Waals surface area contributed by atoms with Crippen molar-refractivity contribution in [3.63, 3.8) is 0 Å². The van der Waals surface area contributed by atoms with Gasteiger partial charge in [0.1, 0.15) is 13.3 Å². The lowest BCUT2D eigenvalue weighted by Crippen LogP contribution is -2.35. The van der Waals surface area contributed by atoms with Crippen LogP contribution in [-0.2, 0) is 11.8 Å². The second-order valence-electron chi connectivity index (χ2n) is 6.53. The standard InChI is InChI=1S/C22H22N4O3/c1-26-19-11-6-5-10-17(19)18(14-20(26)16-8-3-2-4-9-16)22(28)24-13-7-12-23-21(27)15-25-29/h2-6,8-11,14-15H,7,12-13H2,1H3,(H2-,23,24,27,28,29)/p+1. The number of aryl methyl sites for hydroxylation is 1. The molecule has 7 heteroatoms. The Morgan fingerprint density at radius 3 is 2.48 bits per heavy atom. The molecule has 1 heterocycles. The molecule has 0 bridgehead atoms. The van der Waals surface area contributed by atoms with Gasteiger partial charge in [-0.25, -0.2) is 0 Å². The molecule has 0 atom stereocenters. The molecule has 1 aromatic heterocycles. The van der Waals surface area contributed by atoms with Crippen LogP contribution >= 0.6 is 0 Å². The van der Waals surface area contributed by atoms with Crippen molar-refractivity contribution < 1.29 is 19.4 Å². The molecule has 0 unspecified atom stereocenters. The highest BCUT2D eigenvalue weighted by Crippen LogP contribution is 2.23. The van der Waals surface area contributed by atoms with Crippen LogP contribution in [0.15, 0.2) is 65.8 Å². The number of carbonyl (C=O) groups excluding carboxylic acids is 2. The number of para-hydroxylation sites is 1. The summed E-state index contributed by atoms with van der Waals surface area (Å²) in [5, 5.41) is 17.3. The molecule has 0 aliphatic carbocycles. The van der Waals surface area contributed by atoms with Crippen LogP contribution in [0.1, 0.15) is 16.8 Å². The zero-order valence-corrected chi connectivity index (χ0v) is 16.1. The topological polar surface area (TPSA) is 94.7 Å². The molecule has 0 saturated heterocycles. The van der Waals surface area contributed by atoms with Gasteiger partial charge in [0.05, 0.1) is 10.9 Å². The lowest BCUT2D eigenvalue weighted by molar-refractivity contribution is -0.633. The molecule has 148 valence electrons. The molecule has 0 aliphatic rings. The Morgan fingerprint density at radius 2 is 1.72 bits per heavy atom. The van der Waals surface area contributed by atoms with Gasteiger partial charge in [-0.15, -0.1) is 0 Å². The minimum atomic E-state index is -0.479. The summed E-state index contributed by atoms with van der Waals surface area (Å²) in [7, 11) is 1.99. The lowest BCUT2D eigenvalue weighted by Gasteiger charge is -2.10. The fourth-order valence-electron chi connectivity index (χ4n) is 3.20. The van der Waals surface area contributed by atoms with E-state index in [9.17, 15) is 9.59 Å². The monoisotopic (exact) mass is 391 g/mol. The number of aromatic nitrogens is 1. The second-order valence-corrected chi connectivity index (χ2v) is 6.53. The Morgan fingerprint density at radius 1 is 1.03 bits per heavy atom. The van der Waals surface area contributed by atoms with Crippen LogP contribution in [0.4, 0.5) is 0 Å². The Bertz CT molecular complexity index is 1050. The fraction of sp³-hybridized carbons (Fsp3) is 0.182. The number of hydrogen-bond acceptors (Lipinski definition) is 4. The number of carbonyl (C=O) groups is 2. The van der Waals surface area contributed by atoms with E-state index in [2.05, 4.69) is 20.4 Å². The molecule has 2 aromatic carbocycles. The number of nitrogens with one attached hydrogen (secondary N) is 2. The zero-order chi connectivity index (χ0) is 20.6. The largest absolute Gasteiger partial charge is 0.411 e. The maximum Gasteiger partial charge on any atom is 0.265 e. The number of nitrogens with zero attached hydrogens (tertiary/aromatic N) is 2. The van der Waals surface area contributed by atoms with E-state index in [1.54, 1.807) is 0 Å². The van der Waals surface area contributed by atoms with Crippen LogP contribution in [-0.4, -0.2) is 36.3 Å². The third-order valence-electron chi connectivity index (χ3n) is 4.63. The first kappa shape index (κ1) is 20.0. The summed E-state index contributed by atoms with van der Waals surface area (Å²) in [6, 6.07) is 19.7. The summed E-state index contributed by atoms with van der Waals surface area (Å²) in [4.78, 5) is 24.1. The molecule has 3 N–H and O–H groups in total. The Kier molecular flexibility index (Phi) is 6.52. The Hall–Kier alpha value is -3.74. The molecular formula is C22H23N4O3+. The predicted octanol–water partition coefficient (Wildman–Crippen LogP) is 2.03. The zero-order valence-electron chi connectivity index (χ0n) is 16.1. The Balaban J connectivity index is 1.80. The second kappa shape index (κ2) is 9.45. The van der Waals surface area contributed by atoms with Crippen molar-refractivity contribution in [3.05, 3.63) is 66.2 Å². The molecule has 3 rings (SSSR count). The van der Waals surface area contributed by atoms with Gasteiger partial charge in [-0.05, 0) is 24.6 Å². The highest BCUT2D eigenvalue weighted by molar-refractivity contribution is 6.25. The quantitative estimate of drug-likeness (QED) is 0.189. The Labute approximate surface area is 168 Å². The van der Waals surface area contributed by atoms with E-state index < -0.39 is 5.91 Å². The van der Waals surface area contributed by atoms with E-state index in [1.165, 1.54) is 0 Å². The van der Waals surface area contributed by atoms with Gasteiger partial charge in [-0.3, -0.25) is 9.59 Å². The SMILES string of the molecule is C[n+]1c(-c2ccccc2)cc(C(=O)NCCCNC(=O)/C=N\O)c2ccccc21. The van der Waals surface area contributed by atoms with Crippen molar-refractivity contribution in [2.75, 3.05) is 13.1 Å². The van der Waals surface area contributed by atoms with Crippen molar-refractivity contribution >= 4 is 28.9 Å². The summed E-state index contributed by atoms with van der Waals surface area (Å²) in [5.74, 6) is -0.643. The maximum atomic E-state index is 12.9. The van der Waals surface area contributed by atoms with E-state index >= 15 is 0 Å². The first-order valence-corrected chi connectivity index (χ1v) is 9.32. The summed E-state index contributed by atoms with van der Waals surface area (Å²) in [5.41, 5.74) is 3.55. The van der Waals surface area contributed by atoms with Crippen molar-refractivity contribution in [1.29, 1.82) is 0 Å². The average molecular weight is 391 g/mol. The van der Waals surface area contributed by atoms with E-state index in [-0.39, 0.29) is 5.91 Å². The normalized spacial score (nSPS) is 10.9. The molecule has 7 nitrogen and oxygen atoms in total. The maximum absolute atomic E-state index is 12.9. The highest BCUT2D eigenvalue weighted by atomic mass is 16.4. The number of amides is 2. The highest BCUT2D eigenvalue weighted by Gasteiger charge is 2.21. The van der Waals surface area contributed by atoms with E-state index in [4.69, 9.17) is 5.21 Å². The third kappa shape index (κ3) is 4.76. The van der Waals surface area contributed by atoms with E-state index in [0.29, 0.717) is 25.1 Å². The number of pyridine rings is 1. The number of oxime groups is 1. The molecule has 0 fully saturated rings. The van der Waals surface area contributed by atoms with Crippen molar-refractivity contribution in [1.82, 2.24) is 10.6 Å². The van der Waals surface area contributed by atoms with Crippen LogP contribution in [0.3, 0.4) is 0 Å². The van der Waals surface area contributed by atoms with Gasteiger partial charge in [0.25, 0.3) is 11.8 Å². The fourth-order valence-corrected chi connectivity index (χ4v) is 3.20. The van der Waals surface area contributed by atoms with E-state index in [1.807, 2.05) is 67.7 Å². The van der Waals surface area contributed by atoms with Crippen LogP contribution in [0.2, 0.25) is 0 Å². The van der Waals surface area contributed by atoms with Crippen LogP contribution < -0.4 is 15.2 Å². The molecule has 0 radical (unpaired) electrons. The lowest BCUT2D eigenvalue weighted by atomic mass is 10.0. The first-order valence-electron chi connectivity index (χ1n) is 9.32. The molecule has 0 spiro atoms. The minimum absolute atomic E-state index is 0.165. The number of rotatable bonds is 7. The van der Waals surface area contributed by atoms with Crippen LogP contribution in [0, 0.1) is 0 Å². The first-order chi connectivity index (χ1) is 14.1. The molecular weight excluding hydrogens is 368 g/mol. The van der Waals surface area contributed by atoms with Gasteiger partial charge in [-0.1, -0.05) is 35.5 Å². The van der Waals surface area contributed by atoms with Gasteiger partial charge in [0.2, 0.25) is 11.2 Å². The average Bonchev–Trinajstić information content (AvgIpc) is 2.74. The van der Waals surface area contributed by atoms with Crippen LogP contribution in [0.25, 0.3) is 22.2 Å². The van der Waals surface area contributed by atoms with Crippen molar-refractivity contribution in [2.24, 2.45) is 12.2 Å². The van der Waals surface area contributed by atoms with Gasteiger partial charge < -0.3 is 15.8 Å². The molecule has 0 aliphatic heterocycles. The number of hydrogen-bond donors (Lipinski definition) is 3. The molecule has 2 amide bonds. The molecule has 29 heavy (non-hydrogen) atoms. The smallest absolute Gasteiger partial charge is 0.265 e. The predicted molar refractivity (Wildman–Crippen MR) is 111 cm³/mol.